The van der Waals surface area contributed by atoms with Gasteiger partial charge in [-0.2, -0.15) is 11.8 Å². The van der Waals surface area contributed by atoms with Crippen molar-refractivity contribution in [2.75, 3.05) is 25.7 Å². The van der Waals surface area contributed by atoms with Crippen molar-refractivity contribution in [2.24, 2.45) is 0 Å². The molecular weight excluding hydrogens is 284 g/mol. The molecule has 1 rings (SSSR count). The molecule has 114 valence electrons. The van der Waals surface area contributed by atoms with Gasteiger partial charge in [-0.25, -0.2) is 0 Å². The van der Waals surface area contributed by atoms with E-state index in [1.165, 1.54) is 0 Å². The molecule has 0 spiro atoms. The van der Waals surface area contributed by atoms with E-state index in [4.69, 9.17) is 5.11 Å². The third kappa shape index (κ3) is 5.78. The van der Waals surface area contributed by atoms with Crippen molar-refractivity contribution in [3.63, 3.8) is 0 Å². The molecule has 0 bridgehead atoms. The quantitative estimate of drug-likeness (QED) is 0.817. The van der Waals surface area contributed by atoms with E-state index in [0.29, 0.717) is 17.5 Å². The maximum atomic E-state index is 12.4. The van der Waals surface area contributed by atoms with Gasteiger partial charge in [0.25, 0.3) is 5.91 Å². The Labute approximate surface area is 131 Å². The highest BCUT2D eigenvalue weighted by atomic mass is 32.2. The van der Waals surface area contributed by atoms with Gasteiger partial charge in [0.05, 0.1) is 12.2 Å². The predicted molar refractivity (Wildman–Crippen MR) is 87.4 cm³/mol. The Morgan fingerprint density at radius 1 is 1.52 bits per heavy atom. The molecule has 1 aromatic heterocycles. The molecule has 1 N–H and O–H groups in total. The predicted octanol–water partition coefficient (Wildman–Crippen LogP) is 2.03. The molecule has 0 aromatic carbocycles. The van der Waals surface area contributed by atoms with Crippen LogP contribution in [0.5, 0.6) is 0 Å². The average molecular weight is 306 g/mol. The first-order valence-electron chi connectivity index (χ1n) is 6.91. The Balaban J connectivity index is 2.78. The first-order chi connectivity index (χ1) is 10.1. The highest BCUT2D eigenvalue weighted by Gasteiger charge is 2.17. The molecule has 4 nitrogen and oxygen atoms in total. The number of hydrogen-bond donors (Lipinski definition) is 1. The Kier molecular flexibility index (Phi) is 7.88. The highest BCUT2D eigenvalue weighted by Crippen LogP contribution is 2.11. The van der Waals surface area contributed by atoms with Gasteiger partial charge >= 0.3 is 0 Å². The Hall–Kier alpha value is -1.51. The summed E-state index contributed by atoms with van der Waals surface area (Å²) in [5, 5.41) is 8.71. The fourth-order valence-electron chi connectivity index (χ4n) is 1.73. The van der Waals surface area contributed by atoms with Gasteiger partial charge in [0.1, 0.15) is 0 Å². The van der Waals surface area contributed by atoms with Crippen molar-refractivity contribution in [2.45, 2.75) is 25.8 Å². The van der Waals surface area contributed by atoms with Gasteiger partial charge in [-0.05, 0) is 31.4 Å². The number of carbonyl (C=O) groups excluding carboxylic acids is 1. The minimum atomic E-state index is -0.0399. The summed E-state index contributed by atoms with van der Waals surface area (Å²) < 4.78 is 0. The maximum absolute atomic E-state index is 12.4. The molecule has 0 saturated carbocycles. The first-order valence-corrected chi connectivity index (χ1v) is 8.30. The van der Waals surface area contributed by atoms with Gasteiger partial charge in [-0.1, -0.05) is 11.8 Å². The van der Waals surface area contributed by atoms with E-state index >= 15 is 0 Å². The third-order valence-corrected chi connectivity index (χ3v) is 3.82. The number of aromatic nitrogens is 1. The molecule has 1 heterocycles. The van der Waals surface area contributed by atoms with Crippen LogP contribution in [-0.4, -0.2) is 52.6 Å². The fraction of sp³-hybridized carbons (Fsp3) is 0.500. The molecule has 5 heteroatoms. The average Bonchev–Trinajstić information content (AvgIpc) is 2.51. The van der Waals surface area contributed by atoms with Crippen LogP contribution in [0, 0.1) is 11.8 Å². The number of nitrogens with zero attached hydrogens (tertiary/aromatic N) is 2. The summed E-state index contributed by atoms with van der Waals surface area (Å²) in [6, 6.07) is 1.94. The third-order valence-electron chi connectivity index (χ3n) is 3.18. The molecule has 0 saturated heterocycles. The lowest BCUT2D eigenvalue weighted by molar-refractivity contribution is 0.0741. The lowest BCUT2D eigenvalue weighted by Gasteiger charge is -2.24. The van der Waals surface area contributed by atoms with Gasteiger partial charge in [-0.3, -0.25) is 9.78 Å². The van der Waals surface area contributed by atoms with Crippen LogP contribution in [0.25, 0.3) is 0 Å². The number of amides is 1. The van der Waals surface area contributed by atoms with Gasteiger partial charge in [0.15, 0.2) is 0 Å². The minimum Gasteiger partial charge on any atom is -0.395 e. The first kappa shape index (κ1) is 17.5. The van der Waals surface area contributed by atoms with Crippen LogP contribution in [0.1, 0.15) is 35.7 Å². The van der Waals surface area contributed by atoms with Crippen LogP contribution in [0.3, 0.4) is 0 Å². The Bertz CT molecular complexity index is 522. The molecule has 0 radical (unpaired) electrons. The number of rotatable bonds is 6. The fourth-order valence-corrected chi connectivity index (χ4v) is 2.31. The van der Waals surface area contributed by atoms with E-state index in [9.17, 15) is 4.79 Å². The van der Waals surface area contributed by atoms with Crippen LogP contribution >= 0.6 is 11.8 Å². The standard InChI is InChI=1S/C16H22N2O2S/c1-13(7-9-21-3)18(2)16(20)15-10-14(11-17-12-15)6-4-5-8-19/h10-13,19H,5,7-9H2,1-3H3. The molecule has 1 amide bonds. The van der Waals surface area contributed by atoms with Crippen LogP contribution < -0.4 is 0 Å². The normalized spacial score (nSPS) is 11.4. The van der Waals surface area contributed by atoms with Crippen LogP contribution in [0.4, 0.5) is 0 Å². The van der Waals surface area contributed by atoms with Crippen molar-refractivity contribution in [3.8, 4) is 11.8 Å². The summed E-state index contributed by atoms with van der Waals surface area (Å²) >= 11 is 1.78. The van der Waals surface area contributed by atoms with E-state index in [0.717, 1.165) is 12.2 Å². The maximum Gasteiger partial charge on any atom is 0.255 e. The highest BCUT2D eigenvalue weighted by molar-refractivity contribution is 7.98. The number of aliphatic hydroxyl groups excluding tert-OH is 1. The van der Waals surface area contributed by atoms with Gasteiger partial charge < -0.3 is 10.0 Å². The smallest absolute Gasteiger partial charge is 0.255 e. The summed E-state index contributed by atoms with van der Waals surface area (Å²) in [6.07, 6.45) is 6.64. The van der Waals surface area contributed by atoms with Crippen molar-refractivity contribution >= 4 is 17.7 Å². The van der Waals surface area contributed by atoms with E-state index in [-0.39, 0.29) is 18.6 Å². The summed E-state index contributed by atoms with van der Waals surface area (Å²) in [6.45, 7) is 2.08. The van der Waals surface area contributed by atoms with E-state index in [1.54, 1.807) is 35.1 Å². The zero-order valence-electron chi connectivity index (χ0n) is 12.8. The summed E-state index contributed by atoms with van der Waals surface area (Å²) in [5.74, 6) is 6.72. The van der Waals surface area contributed by atoms with Crippen molar-refractivity contribution in [1.29, 1.82) is 0 Å². The molecule has 1 unspecified atom stereocenters. The van der Waals surface area contributed by atoms with Crippen molar-refractivity contribution in [1.82, 2.24) is 9.88 Å². The number of aliphatic hydroxyl groups is 1. The van der Waals surface area contributed by atoms with Gasteiger partial charge in [0, 0.05) is 37.5 Å². The second-order valence-electron chi connectivity index (χ2n) is 4.78. The van der Waals surface area contributed by atoms with E-state index in [2.05, 4.69) is 23.1 Å². The zero-order chi connectivity index (χ0) is 15.7. The Morgan fingerprint density at radius 3 is 2.95 bits per heavy atom. The number of thioether (sulfide) groups is 1. The molecular formula is C16H22N2O2S. The molecule has 1 atom stereocenters. The molecule has 0 fully saturated rings. The van der Waals surface area contributed by atoms with Crippen molar-refractivity contribution in [3.05, 3.63) is 29.6 Å². The number of hydrogen-bond acceptors (Lipinski definition) is 4. The van der Waals surface area contributed by atoms with Crippen LogP contribution in [0.15, 0.2) is 18.5 Å². The second kappa shape index (κ2) is 9.43. The summed E-state index contributed by atoms with van der Waals surface area (Å²) in [5.41, 5.74) is 1.24. The largest absolute Gasteiger partial charge is 0.395 e. The lowest BCUT2D eigenvalue weighted by Crippen LogP contribution is -2.35. The lowest BCUT2D eigenvalue weighted by atomic mass is 10.1. The topological polar surface area (TPSA) is 53.4 Å². The summed E-state index contributed by atoms with van der Waals surface area (Å²) in [4.78, 5) is 18.2. The molecule has 21 heavy (non-hydrogen) atoms. The minimum absolute atomic E-state index is 0.0365. The van der Waals surface area contributed by atoms with Gasteiger partial charge in [-0.15, -0.1) is 0 Å². The van der Waals surface area contributed by atoms with Crippen LogP contribution in [-0.2, 0) is 0 Å². The van der Waals surface area contributed by atoms with E-state index < -0.39 is 0 Å². The SMILES string of the molecule is CSCCC(C)N(C)C(=O)c1cncc(C#CCCO)c1. The van der Waals surface area contributed by atoms with Crippen molar-refractivity contribution < 1.29 is 9.90 Å². The van der Waals surface area contributed by atoms with Crippen LogP contribution in [0.2, 0.25) is 0 Å². The second-order valence-corrected chi connectivity index (χ2v) is 5.77. The summed E-state index contributed by atoms with van der Waals surface area (Å²) in [7, 11) is 1.82. The number of pyridine rings is 1. The zero-order valence-corrected chi connectivity index (χ0v) is 13.6. The molecule has 0 aliphatic rings. The Morgan fingerprint density at radius 2 is 2.29 bits per heavy atom. The number of carbonyl (C=O) groups is 1. The monoisotopic (exact) mass is 306 g/mol. The van der Waals surface area contributed by atoms with Gasteiger partial charge in [0.2, 0.25) is 0 Å². The molecule has 0 aliphatic heterocycles. The van der Waals surface area contributed by atoms with E-state index in [1.807, 2.05) is 14.0 Å². The molecule has 0 aliphatic carbocycles. The molecule has 1 aromatic rings.